The maximum absolute atomic E-state index is 11.1. The molecule has 2 rings (SSSR count). The van der Waals surface area contributed by atoms with Crippen LogP contribution in [-0.2, 0) is 0 Å². The number of nitrogens with zero attached hydrogens (tertiary/aromatic N) is 2. The van der Waals surface area contributed by atoms with Crippen molar-refractivity contribution in [1.29, 1.82) is 0 Å². The van der Waals surface area contributed by atoms with Crippen LogP contribution in [0, 0.1) is 10.1 Å². The Morgan fingerprint density at radius 2 is 1.95 bits per heavy atom. The van der Waals surface area contributed by atoms with Gasteiger partial charge in [0.15, 0.2) is 5.78 Å². The van der Waals surface area contributed by atoms with Gasteiger partial charge in [-0.2, -0.15) is 0 Å². The smallest absolute Gasteiger partial charge is 0.310 e. The molecule has 6 nitrogen and oxygen atoms in total. The summed E-state index contributed by atoms with van der Waals surface area (Å²) in [6.07, 6.45) is 2.66. The van der Waals surface area contributed by atoms with Crippen LogP contribution < -0.4 is 5.32 Å². The van der Waals surface area contributed by atoms with E-state index in [1.165, 1.54) is 25.4 Å². The molecule has 0 atom stereocenters. The standard InChI is InChI=1S/C13H11N3O3/c1-9(17)10-2-4-11(5-3-10)15-12-6-7-14-8-13(12)16(18)19/h2-8H,1H3,(H,14,15). The fourth-order valence-electron chi connectivity index (χ4n) is 1.58. The number of pyridine rings is 1. The summed E-state index contributed by atoms with van der Waals surface area (Å²) in [5.74, 6) is -0.0264. The molecule has 0 aliphatic rings. The topological polar surface area (TPSA) is 85.1 Å². The highest BCUT2D eigenvalue weighted by molar-refractivity contribution is 5.94. The average Bonchev–Trinajstić information content (AvgIpc) is 2.39. The molecular formula is C13H11N3O3. The van der Waals surface area contributed by atoms with Crippen molar-refractivity contribution >= 4 is 22.8 Å². The van der Waals surface area contributed by atoms with Crippen LogP contribution in [0.4, 0.5) is 17.1 Å². The number of nitrogens with one attached hydrogen (secondary N) is 1. The number of ketones is 1. The number of Topliss-reactive ketones (excluding diaryl/α,β-unsaturated/α-hetero) is 1. The van der Waals surface area contributed by atoms with Crippen molar-refractivity contribution in [3.05, 3.63) is 58.4 Å². The number of anilines is 2. The highest BCUT2D eigenvalue weighted by atomic mass is 16.6. The Labute approximate surface area is 109 Å². The summed E-state index contributed by atoms with van der Waals surface area (Å²) in [7, 11) is 0. The monoisotopic (exact) mass is 257 g/mol. The molecule has 0 spiro atoms. The van der Waals surface area contributed by atoms with Crippen LogP contribution in [0.15, 0.2) is 42.7 Å². The molecule has 0 unspecified atom stereocenters. The van der Waals surface area contributed by atoms with Gasteiger partial charge < -0.3 is 5.32 Å². The summed E-state index contributed by atoms with van der Waals surface area (Å²) in [4.78, 5) is 25.2. The molecule has 1 heterocycles. The summed E-state index contributed by atoms with van der Waals surface area (Å²) >= 11 is 0. The second-order valence-corrected chi connectivity index (χ2v) is 3.91. The van der Waals surface area contributed by atoms with Crippen LogP contribution in [0.25, 0.3) is 0 Å². The Hall–Kier alpha value is -2.76. The molecule has 0 saturated heterocycles. The number of benzene rings is 1. The number of hydrogen-bond donors (Lipinski definition) is 1. The highest BCUT2D eigenvalue weighted by Gasteiger charge is 2.13. The van der Waals surface area contributed by atoms with E-state index in [1.807, 2.05) is 0 Å². The first kappa shape index (κ1) is 12.7. The van der Waals surface area contributed by atoms with Crippen molar-refractivity contribution in [2.45, 2.75) is 6.92 Å². The zero-order valence-corrected chi connectivity index (χ0v) is 10.2. The van der Waals surface area contributed by atoms with Gasteiger partial charge in [-0.1, -0.05) is 0 Å². The Balaban J connectivity index is 2.26. The fraction of sp³-hybridized carbons (Fsp3) is 0.0769. The molecule has 0 radical (unpaired) electrons. The van der Waals surface area contributed by atoms with Crippen molar-refractivity contribution in [3.63, 3.8) is 0 Å². The van der Waals surface area contributed by atoms with Gasteiger partial charge in [-0.15, -0.1) is 0 Å². The van der Waals surface area contributed by atoms with Crippen LogP contribution in [0.2, 0.25) is 0 Å². The lowest BCUT2D eigenvalue weighted by atomic mass is 10.1. The van der Waals surface area contributed by atoms with E-state index in [2.05, 4.69) is 10.3 Å². The maximum Gasteiger partial charge on any atom is 0.310 e. The predicted octanol–water partition coefficient (Wildman–Crippen LogP) is 2.94. The van der Waals surface area contributed by atoms with Gasteiger partial charge in [-0.3, -0.25) is 19.9 Å². The van der Waals surface area contributed by atoms with Gasteiger partial charge in [-0.05, 0) is 37.3 Å². The summed E-state index contributed by atoms with van der Waals surface area (Å²) in [6, 6.07) is 8.24. The van der Waals surface area contributed by atoms with Crippen molar-refractivity contribution in [1.82, 2.24) is 4.98 Å². The summed E-state index contributed by atoms with van der Waals surface area (Å²) in [5.41, 5.74) is 1.52. The van der Waals surface area contributed by atoms with Gasteiger partial charge >= 0.3 is 5.69 Å². The zero-order chi connectivity index (χ0) is 13.8. The number of carbonyl (C=O) groups excluding carboxylic acids is 1. The normalized spacial score (nSPS) is 9.95. The lowest BCUT2D eigenvalue weighted by molar-refractivity contribution is -0.384. The summed E-state index contributed by atoms with van der Waals surface area (Å²) in [6.45, 7) is 1.48. The van der Waals surface area contributed by atoms with E-state index in [0.29, 0.717) is 16.9 Å². The van der Waals surface area contributed by atoms with Gasteiger partial charge in [0, 0.05) is 17.4 Å². The van der Waals surface area contributed by atoms with E-state index < -0.39 is 4.92 Å². The lowest BCUT2D eigenvalue weighted by Gasteiger charge is -2.06. The minimum atomic E-state index is -0.501. The highest BCUT2D eigenvalue weighted by Crippen LogP contribution is 2.26. The maximum atomic E-state index is 11.1. The number of nitro groups is 1. The van der Waals surface area contributed by atoms with Crippen molar-refractivity contribution < 1.29 is 9.72 Å². The van der Waals surface area contributed by atoms with Crippen molar-refractivity contribution in [3.8, 4) is 0 Å². The Bertz CT molecular complexity index is 623. The Morgan fingerprint density at radius 1 is 1.26 bits per heavy atom. The molecule has 2 aromatic rings. The lowest BCUT2D eigenvalue weighted by Crippen LogP contribution is -1.98. The molecule has 0 aliphatic carbocycles. The molecule has 96 valence electrons. The molecule has 0 aliphatic heterocycles. The minimum Gasteiger partial charge on any atom is -0.350 e. The Morgan fingerprint density at radius 3 is 2.53 bits per heavy atom. The number of hydrogen-bond acceptors (Lipinski definition) is 5. The minimum absolute atomic E-state index is 0.0264. The fourth-order valence-corrected chi connectivity index (χ4v) is 1.58. The SMILES string of the molecule is CC(=O)c1ccc(Nc2ccncc2[N+](=O)[O-])cc1. The molecule has 0 saturated carbocycles. The van der Waals surface area contributed by atoms with Gasteiger partial charge in [0.2, 0.25) is 0 Å². The van der Waals surface area contributed by atoms with Crippen molar-refractivity contribution in [2.24, 2.45) is 0 Å². The van der Waals surface area contributed by atoms with E-state index in [9.17, 15) is 14.9 Å². The zero-order valence-electron chi connectivity index (χ0n) is 10.2. The van der Waals surface area contributed by atoms with Gasteiger partial charge in [-0.25, -0.2) is 0 Å². The first-order valence-electron chi connectivity index (χ1n) is 5.54. The largest absolute Gasteiger partial charge is 0.350 e. The van der Waals surface area contributed by atoms with E-state index in [0.717, 1.165) is 0 Å². The van der Waals surface area contributed by atoms with Gasteiger partial charge in [0.25, 0.3) is 0 Å². The van der Waals surface area contributed by atoms with Crippen LogP contribution in [0.5, 0.6) is 0 Å². The molecule has 1 aromatic carbocycles. The molecule has 0 amide bonds. The molecule has 1 N–H and O–H groups in total. The van der Waals surface area contributed by atoms with Crippen LogP contribution in [0.1, 0.15) is 17.3 Å². The van der Waals surface area contributed by atoms with E-state index >= 15 is 0 Å². The van der Waals surface area contributed by atoms with Crippen molar-refractivity contribution in [2.75, 3.05) is 5.32 Å². The average molecular weight is 257 g/mol. The van der Waals surface area contributed by atoms with E-state index in [4.69, 9.17) is 0 Å². The van der Waals surface area contributed by atoms with E-state index in [1.54, 1.807) is 24.3 Å². The number of carbonyl (C=O) groups is 1. The first-order valence-corrected chi connectivity index (χ1v) is 5.54. The first-order chi connectivity index (χ1) is 9.08. The van der Waals surface area contributed by atoms with Crippen LogP contribution in [0.3, 0.4) is 0 Å². The van der Waals surface area contributed by atoms with Gasteiger partial charge in [0.1, 0.15) is 11.9 Å². The molecule has 1 aromatic heterocycles. The third-order valence-corrected chi connectivity index (χ3v) is 2.57. The summed E-state index contributed by atoms with van der Waals surface area (Å²) in [5, 5.41) is 13.8. The molecule has 19 heavy (non-hydrogen) atoms. The predicted molar refractivity (Wildman–Crippen MR) is 70.6 cm³/mol. The third kappa shape index (κ3) is 2.92. The summed E-state index contributed by atoms with van der Waals surface area (Å²) < 4.78 is 0. The molecule has 0 bridgehead atoms. The molecular weight excluding hydrogens is 246 g/mol. The second-order valence-electron chi connectivity index (χ2n) is 3.91. The third-order valence-electron chi connectivity index (χ3n) is 2.57. The van der Waals surface area contributed by atoms with Crippen LogP contribution >= 0.6 is 0 Å². The van der Waals surface area contributed by atoms with E-state index in [-0.39, 0.29) is 11.5 Å². The number of aromatic nitrogens is 1. The molecule has 6 heteroatoms. The quantitative estimate of drug-likeness (QED) is 0.517. The van der Waals surface area contributed by atoms with Crippen LogP contribution in [-0.4, -0.2) is 15.7 Å². The van der Waals surface area contributed by atoms with Gasteiger partial charge in [0.05, 0.1) is 4.92 Å². The second kappa shape index (κ2) is 5.26. The molecule has 0 fully saturated rings. The number of rotatable bonds is 4. The Kier molecular flexibility index (Phi) is 3.51.